The zero-order chi connectivity index (χ0) is 17.9. The van der Waals surface area contributed by atoms with E-state index in [4.69, 9.17) is 4.74 Å². The average molecular weight is 332 g/mol. The Balaban J connectivity index is 2.35. The van der Waals surface area contributed by atoms with Crippen molar-refractivity contribution in [3.8, 4) is 5.75 Å². The highest BCUT2D eigenvalue weighted by molar-refractivity contribution is 6.06. The van der Waals surface area contributed by atoms with Gasteiger partial charge in [0, 0.05) is 23.8 Å². The molecule has 0 unspecified atom stereocenters. The van der Waals surface area contributed by atoms with Gasteiger partial charge in [-0.25, -0.2) is 4.39 Å². The minimum atomic E-state index is -0.578. The summed E-state index contributed by atoms with van der Waals surface area (Å²) in [5.74, 6) is -0.782. The molecule has 0 saturated carbocycles. The van der Waals surface area contributed by atoms with Crippen molar-refractivity contribution in [1.29, 1.82) is 0 Å². The number of hydrogen-bond acceptors (Lipinski definition) is 4. The van der Waals surface area contributed by atoms with Crippen LogP contribution >= 0.6 is 0 Å². The van der Waals surface area contributed by atoms with E-state index in [1.165, 1.54) is 30.3 Å². The van der Waals surface area contributed by atoms with Crippen LogP contribution in [0.1, 0.15) is 29.8 Å². The SMILES string of the molecule is Cc1ccc([N+](=O)[O-])cc1C(=O)Nc1cc(F)ccc1OC(C)C. The van der Waals surface area contributed by atoms with Gasteiger partial charge in [-0.15, -0.1) is 0 Å². The molecule has 0 aliphatic carbocycles. The summed E-state index contributed by atoms with van der Waals surface area (Å²) in [4.78, 5) is 22.7. The minimum absolute atomic E-state index is 0.143. The topological polar surface area (TPSA) is 81.5 Å². The van der Waals surface area contributed by atoms with Gasteiger partial charge in [-0.3, -0.25) is 14.9 Å². The van der Waals surface area contributed by atoms with Crippen LogP contribution in [0.2, 0.25) is 0 Å². The molecule has 0 aromatic heterocycles. The minimum Gasteiger partial charge on any atom is -0.489 e. The van der Waals surface area contributed by atoms with Crippen molar-refractivity contribution < 1.29 is 18.8 Å². The van der Waals surface area contributed by atoms with Crippen LogP contribution in [-0.4, -0.2) is 16.9 Å². The number of carbonyl (C=O) groups excluding carboxylic acids is 1. The van der Waals surface area contributed by atoms with E-state index in [9.17, 15) is 19.3 Å². The molecule has 0 aliphatic rings. The maximum Gasteiger partial charge on any atom is 0.270 e. The first-order valence-electron chi connectivity index (χ1n) is 7.30. The Hall–Kier alpha value is -2.96. The second-order valence-corrected chi connectivity index (χ2v) is 5.52. The Morgan fingerprint density at radius 1 is 1.25 bits per heavy atom. The first kappa shape index (κ1) is 17.4. The Bertz CT molecular complexity index is 790. The average Bonchev–Trinajstić information content (AvgIpc) is 2.49. The van der Waals surface area contributed by atoms with Gasteiger partial charge in [-0.05, 0) is 38.5 Å². The molecule has 126 valence electrons. The van der Waals surface area contributed by atoms with E-state index in [-0.39, 0.29) is 23.0 Å². The summed E-state index contributed by atoms with van der Waals surface area (Å²) < 4.78 is 19.0. The molecule has 24 heavy (non-hydrogen) atoms. The number of nitro benzene ring substituents is 1. The number of anilines is 1. The molecule has 0 saturated heterocycles. The number of ether oxygens (including phenoxy) is 1. The highest BCUT2D eigenvalue weighted by atomic mass is 19.1. The monoisotopic (exact) mass is 332 g/mol. The van der Waals surface area contributed by atoms with Crippen LogP contribution in [0.4, 0.5) is 15.8 Å². The predicted octanol–water partition coefficient (Wildman–Crippen LogP) is 4.08. The van der Waals surface area contributed by atoms with E-state index in [0.29, 0.717) is 11.3 Å². The van der Waals surface area contributed by atoms with E-state index >= 15 is 0 Å². The number of carbonyl (C=O) groups is 1. The molecule has 1 N–H and O–H groups in total. The standard InChI is InChI=1S/C17H17FN2O4/c1-10(2)24-16-7-5-12(18)8-15(16)19-17(21)14-9-13(20(22)23)6-4-11(14)3/h4-10H,1-3H3,(H,19,21). The van der Waals surface area contributed by atoms with Crippen molar-refractivity contribution in [1.82, 2.24) is 0 Å². The van der Waals surface area contributed by atoms with Gasteiger partial charge in [-0.1, -0.05) is 6.07 Å². The smallest absolute Gasteiger partial charge is 0.270 e. The van der Waals surface area contributed by atoms with E-state index in [2.05, 4.69) is 5.32 Å². The number of rotatable bonds is 5. The summed E-state index contributed by atoms with van der Waals surface area (Å²) in [5, 5.41) is 13.4. The maximum absolute atomic E-state index is 13.5. The van der Waals surface area contributed by atoms with Crippen molar-refractivity contribution >= 4 is 17.3 Å². The van der Waals surface area contributed by atoms with Crippen LogP contribution in [0.5, 0.6) is 5.75 Å². The molecule has 0 bridgehead atoms. The van der Waals surface area contributed by atoms with Gasteiger partial charge in [0.25, 0.3) is 11.6 Å². The van der Waals surface area contributed by atoms with Crippen molar-refractivity contribution in [3.05, 3.63) is 63.5 Å². The molecule has 2 aromatic rings. The van der Waals surface area contributed by atoms with Crippen LogP contribution in [0.3, 0.4) is 0 Å². The largest absolute Gasteiger partial charge is 0.489 e. The fourth-order valence-electron chi connectivity index (χ4n) is 2.11. The van der Waals surface area contributed by atoms with Crippen molar-refractivity contribution in [2.24, 2.45) is 0 Å². The summed E-state index contributed by atoms with van der Waals surface area (Å²) in [5.41, 5.74) is 0.688. The van der Waals surface area contributed by atoms with Gasteiger partial charge in [0.15, 0.2) is 0 Å². The number of amides is 1. The number of non-ortho nitro benzene ring substituents is 1. The van der Waals surface area contributed by atoms with E-state index < -0.39 is 16.6 Å². The number of benzene rings is 2. The molecule has 2 rings (SSSR count). The third kappa shape index (κ3) is 4.07. The molecule has 0 heterocycles. The predicted molar refractivity (Wildman–Crippen MR) is 88.0 cm³/mol. The number of nitrogens with one attached hydrogen (secondary N) is 1. The quantitative estimate of drug-likeness (QED) is 0.660. The van der Waals surface area contributed by atoms with Crippen LogP contribution in [-0.2, 0) is 0 Å². The van der Waals surface area contributed by atoms with Crippen LogP contribution in [0.15, 0.2) is 36.4 Å². The highest BCUT2D eigenvalue weighted by Crippen LogP contribution is 2.28. The summed E-state index contributed by atoms with van der Waals surface area (Å²) in [6, 6.07) is 7.79. The number of nitrogens with zero attached hydrogens (tertiary/aromatic N) is 1. The summed E-state index contributed by atoms with van der Waals surface area (Å²) in [6.07, 6.45) is -0.161. The van der Waals surface area contributed by atoms with E-state index in [0.717, 1.165) is 6.07 Å². The van der Waals surface area contributed by atoms with Gasteiger partial charge in [0.05, 0.1) is 16.7 Å². The summed E-state index contributed by atoms with van der Waals surface area (Å²) in [7, 11) is 0. The number of halogens is 1. The molecule has 2 aromatic carbocycles. The Morgan fingerprint density at radius 3 is 2.58 bits per heavy atom. The molecule has 0 fully saturated rings. The molecular weight excluding hydrogens is 315 g/mol. The van der Waals surface area contributed by atoms with Gasteiger partial charge in [0.1, 0.15) is 11.6 Å². The zero-order valence-corrected chi connectivity index (χ0v) is 13.5. The van der Waals surface area contributed by atoms with Gasteiger partial charge in [0.2, 0.25) is 0 Å². The number of nitro groups is 1. The van der Waals surface area contributed by atoms with Crippen LogP contribution < -0.4 is 10.1 Å². The molecular formula is C17H17FN2O4. The lowest BCUT2D eigenvalue weighted by Crippen LogP contribution is -2.16. The first-order valence-corrected chi connectivity index (χ1v) is 7.30. The second-order valence-electron chi connectivity index (χ2n) is 5.52. The lowest BCUT2D eigenvalue weighted by Gasteiger charge is -2.15. The van der Waals surface area contributed by atoms with Gasteiger partial charge >= 0.3 is 0 Å². The van der Waals surface area contributed by atoms with Crippen molar-refractivity contribution in [2.75, 3.05) is 5.32 Å². The molecule has 0 aliphatic heterocycles. The van der Waals surface area contributed by atoms with Gasteiger partial charge < -0.3 is 10.1 Å². The molecule has 0 radical (unpaired) electrons. The molecule has 7 heteroatoms. The molecule has 0 spiro atoms. The lowest BCUT2D eigenvalue weighted by molar-refractivity contribution is -0.384. The second kappa shape index (κ2) is 7.08. The Labute approximate surface area is 138 Å². The van der Waals surface area contributed by atoms with Crippen molar-refractivity contribution in [2.45, 2.75) is 26.9 Å². The maximum atomic E-state index is 13.5. The van der Waals surface area contributed by atoms with E-state index in [1.54, 1.807) is 20.8 Å². The Kier molecular flexibility index (Phi) is 5.13. The number of hydrogen-bond donors (Lipinski definition) is 1. The summed E-state index contributed by atoms with van der Waals surface area (Å²) in [6.45, 7) is 5.27. The zero-order valence-electron chi connectivity index (χ0n) is 13.5. The summed E-state index contributed by atoms with van der Waals surface area (Å²) >= 11 is 0. The molecule has 1 amide bonds. The van der Waals surface area contributed by atoms with Gasteiger partial charge in [-0.2, -0.15) is 0 Å². The first-order chi connectivity index (χ1) is 11.3. The fraction of sp³-hybridized carbons (Fsp3) is 0.235. The number of aryl methyl sites for hydroxylation is 1. The van der Waals surface area contributed by atoms with Crippen LogP contribution in [0, 0.1) is 22.9 Å². The fourth-order valence-corrected chi connectivity index (χ4v) is 2.11. The normalized spacial score (nSPS) is 10.5. The molecule has 6 nitrogen and oxygen atoms in total. The third-order valence-electron chi connectivity index (χ3n) is 3.23. The highest BCUT2D eigenvalue weighted by Gasteiger charge is 2.17. The Morgan fingerprint density at radius 2 is 1.96 bits per heavy atom. The van der Waals surface area contributed by atoms with Crippen molar-refractivity contribution in [3.63, 3.8) is 0 Å². The van der Waals surface area contributed by atoms with E-state index in [1.807, 2.05) is 0 Å². The molecule has 0 atom stereocenters. The third-order valence-corrected chi connectivity index (χ3v) is 3.23. The lowest BCUT2D eigenvalue weighted by atomic mass is 10.1. The van der Waals surface area contributed by atoms with Crippen LogP contribution in [0.25, 0.3) is 0 Å².